The number of nitrogens with one attached hydrogen (secondary N) is 1. The molecule has 1 fully saturated rings. The topological polar surface area (TPSA) is 58.3 Å². The molecule has 1 atom stereocenters. The number of piperidine rings is 1. The van der Waals surface area contributed by atoms with E-state index in [0.717, 1.165) is 43.9 Å². The zero-order chi connectivity index (χ0) is 14.4. The Labute approximate surface area is 144 Å². The highest BCUT2D eigenvalue weighted by atomic mass is 127. The first-order chi connectivity index (χ1) is 9.74. The van der Waals surface area contributed by atoms with Gasteiger partial charge in [0.05, 0.1) is 0 Å². The summed E-state index contributed by atoms with van der Waals surface area (Å²) in [6.07, 6.45) is 4.33. The minimum absolute atomic E-state index is 0. The van der Waals surface area contributed by atoms with Gasteiger partial charge in [-0.1, -0.05) is 6.92 Å². The molecule has 0 radical (unpaired) electrons. The quantitative estimate of drug-likeness (QED) is 0.473. The van der Waals surface area contributed by atoms with E-state index in [1.807, 2.05) is 4.57 Å². The van der Waals surface area contributed by atoms with Crippen LogP contribution in [-0.2, 0) is 13.1 Å². The molecule has 0 amide bonds. The van der Waals surface area contributed by atoms with Gasteiger partial charge in [0.15, 0.2) is 11.8 Å². The van der Waals surface area contributed by atoms with E-state index in [9.17, 15) is 0 Å². The van der Waals surface area contributed by atoms with Crippen molar-refractivity contribution in [3.63, 3.8) is 0 Å². The molecular formula is C14H27IN6. The summed E-state index contributed by atoms with van der Waals surface area (Å²) in [6.45, 7) is 11.1. The first-order valence-corrected chi connectivity index (χ1v) is 7.64. The van der Waals surface area contributed by atoms with E-state index in [-0.39, 0.29) is 24.0 Å². The van der Waals surface area contributed by atoms with Gasteiger partial charge < -0.3 is 14.8 Å². The van der Waals surface area contributed by atoms with Gasteiger partial charge in [-0.2, -0.15) is 0 Å². The second kappa shape index (κ2) is 9.22. The summed E-state index contributed by atoms with van der Waals surface area (Å²) in [4.78, 5) is 7.10. The van der Waals surface area contributed by atoms with Gasteiger partial charge >= 0.3 is 0 Å². The summed E-state index contributed by atoms with van der Waals surface area (Å²) in [5.74, 6) is 2.67. The maximum Gasteiger partial charge on any atom is 0.194 e. The lowest BCUT2D eigenvalue weighted by atomic mass is 10.0. The summed E-state index contributed by atoms with van der Waals surface area (Å²) in [6, 6.07) is 0. The van der Waals surface area contributed by atoms with Crippen LogP contribution < -0.4 is 5.32 Å². The van der Waals surface area contributed by atoms with E-state index in [2.05, 4.69) is 41.2 Å². The number of guanidine groups is 1. The SMILES string of the molecule is CCNC(=NCc1nncn1CC)N1CCCC(C)C1.I. The van der Waals surface area contributed by atoms with Crippen LogP contribution >= 0.6 is 24.0 Å². The van der Waals surface area contributed by atoms with Gasteiger partial charge in [0, 0.05) is 26.2 Å². The Balaban J connectivity index is 0.00000220. The first-order valence-electron chi connectivity index (χ1n) is 7.64. The molecule has 1 unspecified atom stereocenters. The van der Waals surface area contributed by atoms with Crippen LogP contribution in [0.3, 0.4) is 0 Å². The summed E-state index contributed by atoms with van der Waals surface area (Å²) in [5, 5.41) is 11.5. The third-order valence-corrected chi connectivity index (χ3v) is 3.70. The van der Waals surface area contributed by atoms with Crippen LogP contribution in [0, 0.1) is 5.92 Å². The molecule has 21 heavy (non-hydrogen) atoms. The lowest BCUT2D eigenvalue weighted by molar-refractivity contribution is 0.266. The van der Waals surface area contributed by atoms with Crippen LogP contribution in [0.1, 0.15) is 39.4 Å². The van der Waals surface area contributed by atoms with Crippen molar-refractivity contribution in [3.05, 3.63) is 12.2 Å². The molecule has 1 aromatic heterocycles. The Bertz CT molecular complexity index is 444. The van der Waals surface area contributed by atoms with Crippen molar-refractivity contribution in [1.29, 1.82) is 0 Å². The smallest absolute Gasteiger partial charge is 0.194 e. The average Bonchev–Trinajstić information content (AvgIpc) is 2.91. The van der Waals surface area contributed by atoms with Crippen molar-refractivity contribution in [1.82, 2.24) is 25.0 Å². The standard InChI is InChI=1S/C14H26N6.HI/c1-4-15-14(20-8-6-7-12(3)10-20)16-9-13-18-17-11-19(13)5-2;/h11-12H,4-10H2,1-3H3,(H,15,16);1H. The normalized spacial score (nSPS) is 19.3. The van der Waals surface area contributed by atoms with E-state index in [4.69, 9.17) is 4.99 Å². The van der Waals surface area contributed by atoms with Gasteiger partial charge in [0.1, 0.15) is 12.9 Å². The van der Waals surface area contributed by atoms with Gasteiger partial charge in [-0.15, -0.1) is 34.2 Å². The molecule has 1 aliphatic heterocycles. The zero-order valence-electron chi connectivity index (χ0n) is 13.2. The van der Waals surface area contributed by atoms with Crippen molar-refractivity contribution < 1.29 is 0 Å². The average molecular weight is 406 g/mol. The minimum atomic E-state index is 0. The van der Waals surface area contributed by atoms with Gasteiger partial charge in [-0.25, -0.2) is 4.99 Å². The Hall–Kier alpha value is -0.860. The van der Waals surface area contributed by atoms with Crippen molar-refractivity contribution in [3.8, 4) is 0 Å². The molecule has 0 saturated carbocycles. The molecule has 7 heteroatoms. The molecule has 0 aliphatic carbocycles. The highest BCUT2D eigenvalue weighted by molar-refractivity contribution is 14.0. The predicted octanol–water partition coefficient (Wildman–Crippen LogP) is 2.11. The number of hydrogen-bond donors (Lipinski definition) is 1. The molecule has 2 rings (SSSR count). The Morgan fingerprint density at radius 3 is 2.95 bits per heavy atom. The largest absolute Gasteiger partial charge is 0.357 e. The lowest BCUT2D eigenvalue weighted by Crippen LogP contribution is -2.46. The highest BCUT2D eigenvalue weighted by Gasteiger charge is 2.19. The van der Waals surface area contributed by atoms with Crippen molar-refractivity contribution >= 4 is 29.9 Å². The molecule has 6 nitrogen and oxygen atoms in total. The van der Waals surface area contributed by atoms with Crippen molar-refractivity contribution in [2.45, 2.75) is 46.7 Å². The number of aromatic nitrogens is 3. The minimum Gasteiger partial charge on any atom is -0.357 e. The maximum atomic E-state index is 4.73. The number of nitrogens with zero attached hydrogens (tertiary/aromatic N) is 5. The number of hydrogen-bond acceptors (Lipinski definition) is 3. The van der Waals surface area contributed by atoms with Gasteiger partial charge in [0.2, 0.25) is 0 Å². The molecule has 1 N–H and O–H groups in total. The zero-order valence-corrected chi connectivity index (χ0v) is 15.6. The fraction of sp³-hybridized carbons (Fsp3) is 0.786. The molecule has 120 valence electrons. The van der Waals surface area contributed by atoms with Crippen molar-refractivity contribution in [2.24, 2.45) is 10.9 Å². The van der Waals surface area contributed by atoms with Crippen LogP contribution in [0.25, 0.3) is 0 Å². The Kier molecular flexibility index (Phi) is 7.98. The first kappa shape index (κ1) is 18.2. The predicted molar refractivity (Wildman–Crippen MR) is 95.9 cm³/mol. The summed E-state index contributed by atoms with van der Waals surface area (Å²) >= 11 is 0. The number of halogens is 1. The monoisotopic (exact) mass is 406 g/mol. The molecular weight excluding hydrogens is 379 g/mol. The number of likely N-dealkylation sites (tertiary alicyclic amines) is 1. The molecule has 1 aliphatic rings. The fourth-order valence-corrected chi connectivity index (χ4v) is 2.62. The van der Waals surface area contributed by atoms with Gasteiger partial charge in [0.25, 0.3) is 0 Å². The molecule has 1 saturated heterocycles. The van der Waals surface area contributed by atoms with E-state index in [1.165, 1.54) is 12.8 Å². The van der Waals surface area contributed by atoms with Crippen molar-refractivity contribution in [2.75, 3.05) is 19.6 Å². The molecule has 0 bridgehead atoms. The van der Waals surface area contributed by atoms with Gasteiger partial charge in [-0.3, -0.25) is 0 Å². The van der Waals surface area contributed by atoms with Crippen LogP contribution in [0.15, 0.2) is 11.3 Å². The highest BCUT2D eigenvalue weighted by Crippen LogP contribution is 2.15. The van der Waals surface area contributed by atoms with E-state index < -0.39 is 0 Å². The second-order valence-corrected chi connectivity index (χ2v) is 5.40. The maximum absolute atomic E-state index is 4.73. The molecule has 2 heterocycles. The van der Waals surface area contributed by atoms with Crippen LogP contribution in [-0.4, -0.2) is 45.3 Å². The summed E-state index contributed by atoms with van der Waals surface area (Å²) in [7, 11) is 0. The lowest BCUT2D eigenvalue weighted by Gasteiger charge is -2.33. The van der Waals surface area contributed by atoms with E-state index in [0.29, 0.717) is 6.54 Å². The number of aliphatic imine (C=N–C) groups is 1. The summed E-state index contributed by atoms with van der Waals surface area (Å²) < 4.78 is 2.03. The van der Waals surface area contributed by atoms with Crippen LogP contribution in [0.4, 0.5) is 0 Å². The fourth-order valence-electron chi connectivity index (χ4n) is 2.62. The molecule has 0 aromatic carbocycles. The third kappa shape index (κ3) is 5.12. The van der Waals surface area contributed by atoms with Gasteiger partial charge in [-0.05, 0) is 32.6 Å². The van der Waals surface area contributed by atoms with E-state index >= 15 is 0 Å². The third-order valence-electron chi connectivity index (χ3n) is 3.70. The summed E-state index contributed by atoms with van der Waals surface area (Å²) in [5.41, 5.74) is 0. The number of rotatable bonds is 4. The molecule has 1 aromatic rings. The Morgan fingerprint density at radius 1 is 1.48 bits per heavy atom. The van der Waals surface area contributed by atoms with Crippen LogP contribution in [0.5, 0.6) is 0 Å². The van der Waals surface area contributed by atoms with Crippen LogP contribution in [0.2, 0.25) is 0 Å². The van der Waals surface area contributed by atoms with E-state index in [1.54, 1.807) is 6.33 Å². The molecule has 0 spiro atoms. The second-order valence-electron chi connectivity index (χ2n) is 5.40. The number of aryl methyl sites for hydroxylation is 1. The Morgan fingerprint density at radius 2 is 2.29 bits per heavy atom.